The van der Waals surface area contributed by atoms with E-state index in [9.17, 15) is 4.79 Å². The molecule has 98 valence electrons. The highest BCUT2D eigenvalue weighted by Gasteiger charge is 2.18. The summed E-state index contributed by atoms with van der Waals surface area (Å²) in [6, 6.07) is 9.59. The molecule has 0 bridgehead atoms. The molecule has 2 nitrogen and oxygen atoms in total. The first-order chi connectivity index (χ1) is 9.22. The van der Waals surface area contributed by atoms with Crippen LogP contribution in [-0.4, -0.2) is 5.91 Å². The van der Waals surface area contributed by atoms with E-state index < -0.39 is 0 Å². The lowest BCUT2D eigenvalue weighted by Gasteiger charge is -2.04. The second kappa shape index (κ2) is 5.35. The molecule has 1 heterocycles. The number of amides is 1. The van der Waals surface area contributed by atoms with Crippen LogP contribution in [0.3, 0.4) is 0 Å². The molecule has 1 aromatic heterocycles. The van der Waals surface area contributed by atoms with Crippen LogP contribution in [0.1, 0.15) is 32.1 Å². The molecule has 3 rings (SSSR count). The van der Waals surface area contributed by atoms with Gasteiger partial charge in [0.2, 0.25) is 0 Å². The van der Waals surface area contributed by atoms with E-state index in [0.717, 1.165) is 23.3 Å². The molecule has 1 aliphatic rings. The smallest absolute Gasteiger partial charge is 0.261 e. The zero-order valence-corrected chi connectivity index (χ0v) is 12.0. The summed E-state index contributed by atoms with van der Waals surface area (Å²) in [5, 5.41) is 3.64. The Morgan fingerprint density at radius 2 is 2.21 bits per heavy atom. The summed E-state index contributed by atoms with van der Waals surface area (Å²) >= 11 is 7.55. The Bertz CT molecular complexity index is 599. The van der Waals surface area contributed by atoms with Crippen LogP contribution in [0, 0.1) is 0 Å². The lowest BCUT2D eigenvalue weighted by atomic mass is 10.2. The maximum atomic E-state index is 12.1. The van der Waals surface area contributed by atoms with Gasteiger partial charge in [0.25, 0.3) is 5.91 Å². The monoisotopic (exact) mass is 291 g/mol. The first kappa shape index (κ1) is 12.7. The third kappa shape index (κ3) is 2.82. The Labute approximate surface area is 121 Å². The molecule has 0 spiro atoms. The van der Waals surface area contributed by atoms with Crippen molar-refractivity contribution in [3.63, 3.8) is 0 Å². The van der Waals surface area contributed by atoms with Gasteiger partial charge < -0.3 is 5.32 Å². The summed E-state index contributed by atoms with van der Waals surface area (Å²) < 4.78 is 0. The summed E-state index contributed by atoms with van der Waals surface area (Å²) in [4.78, 5) is 14.3. The van der Waals surface area contributed by atoms with Crippen LogP contribution in [0.4, 0.5) is 0 Å². The van der Waals surface area contributed by atoms with Crippen molar-refractivity contribution < 1.29 is 4.79 Å². The molecular formula is C15H14ClNOS. The number of halogens is 1. The van der Waals surface area contributed by atoms with Crippen molar-refractivity contribution in [1.82, 2.24) is 5.32 Å². The molecule has 0 fully saturated rings. The molecule has 1 N–H and O–H groups in total. The Balaban J connectivity index is 1.65. The van der Waals surface area contributed by atoms with E-state index in [1.165, 1.54) is 16.9 Å². The number of hydrogen-bond acceptors (Lipinski definition) is 2. The number of aryl methyl sites for hydroxylation is 2. The van der Waals surface area contributed by atoms with Gasteiger partial charge >= 0.3 is 0 Å². The molecule has 0 saturated heterocycles. The number of nitrogens with one attached hydrogen (secondary N) is 1. The fourth-order valence-corrected chi connectivity index (χ4v) is 3.74. The highest BCUT2D eigenvalue weighted by molar-refractivity contribution is 7.14. The third-order valence-electron chi connectivity index (χ3n) is 3.31. The Hall–Kier alpha value is -1.32. The molecule has 0 unspecified atom stereocenters. The lowest BCUT2D eigenvalue weighted by Crippen LogP contribution is -2.21. The lowest BCUT2D eigenvalue weighted by molar-refractivity contribution is 0.0955. The van der Waals surface area contributed by atoms with Gasteiger partial charge in [-0.2, -0.15) is 0 Å². The highest BCUT2D eigenvalue weighted by atomic mass is 35.5. The largest absolute Gasteiger partial charge is 0.347 e. The van der Waals surface area contributed by atoms with Crippen LogP contribution in [0.5, 0.6) is 0 Å². The normalized spacial score (nSPS) is 13.3. The number of carbonyl (C=O) groups excluding carboxylic acids is 1. The van der Waals surface area contributed by atoms with Crippen molar-refractivity contribution in [2.24, 2.45) is 0 Å². The van der Waals surface area contributed by atoms with Crippen LogP contribution in [-0.2, 0) is 19.4 Å². The minimum atomic E-state index is 0.0133. The zero-order chi connectivity index (χ0) is 13.2. The maximum Gasteiger partial charge on any atom is 0.261 e. The van der Waals surface area contributed by atoms with Crippen LogP contribution < -0.4 is 5.32 Å². The number of hydrogen-bond donors (Lipinski definition) is 1. The summed E-state index contributed by atoms with van der Waals surface area (Å²) in [7, 11) is 0. The first-order valence-corrected chi connectivity index (χ1v) is 7.56. The molecule has 4 heteroatoms. The molecule has 0 atom stereocenters. The molecule has 0 aliphatic heterocycles. The number of carbonyl (C=O) groups is 1. The zero-order valence-electron chi connectivity index (χ0n) is 10.4. The molecule has 1 aliphatic carbocycles. The van der Waals surface area contributed by atoms with Gasteiger partial charge in [-0.25, -0.2) is 0 Å². The van der Waals surface area contributed by atoms with Gasteiger partial charge in [0.1, 0.15) is 0 Å². The number of fused-ring (bicyclic) bond motifs is 1. The number of rotatable bonds is 3. The SMILES string of the molecule is O=C(NCc1cccc(Cl)c1)c1cc2c(s1)CCC2. The number of benzene rings is 1. The van der Waals surface area contributed by atoms with E-state index >= 15 is 0 Å². The molecular weight excluding hydrogens is 278 g/mol. The Morgan fingerprint density at radius 1 is 1.32 bits per heavy atom. The van der Waals surface area contributed by atoms with E-state index in [-0.39, 0.29) is 5.91 Å². The van der Waals surface area contributed by atoms with E-state index in [1.807, 2.05) is 30.3 Å². The molecule has 19 heavy (non-hydrogen) atoms. The van der Waals surface area contributed by atoms with Crippen LogP contribution >= 0.6 is 22.9 Å². The predicted octanol–water partition coefficient (Wildman–Crippen LogP) is 3.82. The summed E-state index contributed by atoms with van der Waals surface area (Å²) in [6.07, 6.45) is 3.47. The van der Waals surface area contributed by atoms with E-state index in [2.05, 4.69) is 5.32 Å². The van der Waals surface area contributed by atoms with Crippen molar-refractivity contribution in [2.45, 2.75) is 25.8 Å². The fourth-order valence-electron chi connectivity index (χ4n) is 2.36. The average molecular weight is 292 g/mol. The Kier molecular flexibility index (Phi) is 3.58. The molecule has 1 aromatic carbocycles. The predicted molar refractivity (Wildman–Crippen MR) is 79.0 cm³/mol. The second-order valence-electron chi connectivity index (χ2n) is 4.73. The molecule has 1 amide bonds. The van der Waals surface area contributed by atoms with Gasteiger partial charge in [-0.15, -0.1) is 11.3 Å². The fraction of sp³-hybridized carbons (Fsp3) is 0.267. The second-order valence-corrected chi connectivity index (χ2v) is 6.30. The molecule has 0 radical (unpaired) electrons. The summed E-state index contributed by atoms with van der Waals surface area (Å²) in [5.74, 6) is 0.0133. The highest BCUT2D eigenvalue weighted by Crippen LogP contribution is 2.30. The van der Waals surface area contributed by atoms with Crippen LogP contribution in [0.2, 0.25) is 5.02 Å². The maximum absolute atomic E-state index is 12.1. The van der Waals surface area contributed by atoms with E-state index in [4.69, 9.17) is 11.6 Å². The van der Waals surface area contributed by atoms with Crippen LogP contribution in [0.25, 0.3) is 0 Å². The first-order valence-electron chi connectivity index (χ1n) is 6.36. The summed E-state index contributed by atoms with van der Waals surface area (Å²) in [5.41, 5.74) is 2.38. The van der Waals surface area contributed by atoms with E-state index in [1.54, 1.807) is 11.3 Å². The standard InChI is InChI=1S/C15H14ClNOS/c16-12-5-1-3-10(7-12)9-17-15(18)14-8-11-4-2-6-13(11)19-14/h1,3,5,7-8H,2,4,6,9H2,(H,17,18). The van der Waals surface area contributed by atoms with Crippen molar-refractivity contribution in [2.75, 3.05) is 0 Å². The topological polar surface area (TPSA) is 29.1 Å². The van der Waals surface area contributed by atoms with Gasteiger partial charge in [-0.1, -0.05) is 23.7 Å². The summed E-state index contributed by atoms with van der Waals surface area (Å²) in [6.45, 7) is 0.516. The minimum absolute atomic E-state index is 0.0133. The van der Waals surface area contributed by atoms with Gasteiger partial charge in [-0.05, 0) is 48.6 Å². The van der Waals surface area contributed by atoms with Crippen molar-refractivity contribution in [3.05, 3.63) is 56.2 Å². The molecule has 0 saturated carbocycles. The number of thiophene rings is 1. The van der Waals surface area contributed by atoms with E-state index in [0.29, 0.717) is 11.6 Å². The molecule has 2 aromatic rings. The third-order valence-corrected chi connectivity index (χ3v) is 4.78. The minimum Gasteiger partial charge on any atom is -0.347 e. The van der Waals surface area contributed by atoms with Crippen molar-refractivity contribution in [3.8, 4) is 0 Å². The Morgan fingerprint density at radius 3 is 3.00 bits per heavy atom. The van der Waals surface area contributed by atoms with Crippen molar-refractivity contribution >= 4 is 28.8 Å². The van der Waals surface area contributed by atoms with Gasteiger partial charge in [0.15, 0.2) is 0 Å². The van der Waals surface area contributed by atoms with Crippen molar-refractivity contribution in [1.29, 1.82) is 0 Å². The van der Waals surface area contributed by atoms with Gasteiger partial charge in [0.05, 0.1) is 4.88 Å². The van der Waals surface area contributed by atoms with Gasteiger partial charge in [-0.3, -0.25) is 4.79 Å². The van der Waals surface area contributed by atoms with Gasteiger partial charge in [0, 0.05) is 16.4 Å². The quantitative estimate of drug-likeness (QED) is 0.915. The average Bonchev–Trinajstić information content (AvgIpc) is 2.96. The van der Waals surface area contributed by atoms with Crippen LogP contribution in [0.15, 0.2) is 30.3 Å².